The number of hydrogen-bond donors (Lipinski definition) is 1. The van der Waals surface area contributed by atoms with Gasteiger partial charge in [-0.25, -0.2) is 4.79 Å². The van der Waals surface area contributed by atoms with Crippen molar-refractivity contribution in [2.24, 2.45) is 0 Å². The van der Waals surface area contributed by atoms with Crippen LogP contribution in [-0.4, -0.2) is 53.8 Å². The average Bonchev–Trinajstić information content (AvgIpc) is 2.62. The summed E-state index contributed by atoms with van der Waals surface area (Å²) in [6.45, 7) is 3.57. The van der Waals surface area contributed by atoms with Crippen LogP contribution in [-0.2, 0) is 19.1 Å². The Bertz CT molecular complexity index is 701. The molecule has 2 amide bonds. The minimum atomic E-state index is -0.814. The Hall–Kier alpha value is -3.23. The zero-order valence-corrected chi connectivity index (χ0v) is 14.6. The van der Waals surface area contributed by atoms with Crippen LogP contribution in [0.4, 0.5) is 5.69 Å². The number of likely N-dealkylation sites (N-methyl/N-ethyl adjacent to an activating group) is 2. The number of nitro benzene ring substituents is 1. The van der Waals surface area contributed by atoms with Crippen molar-refractivity contribution < 1.29 is 24.0 Å². The number of benzene rings is 1. The Morgan fingerprint density at radius 1 is 1.27 bits per heavy atom. The van der Waals surface area contributed by atoms with E-state index in [1.807, 2.05) is 0 Å². The standard InChI is InChI=1S/C17H21N3O6/c1-3-18-15(21)11-19(4-2)16(22)12-26-17(23)10-9-13-7-5-6-8-14(13)20(24)25/h5-10H,3-4,11-12H2,1-2H3,(H,18,21)/b10-9+. The van der Waals surface area contributed by atoms with E-state index >= 15 is 0 Å². The Balaban J connectivity index is 2.59. The summed E-state index contributed by atoms with van der Waals surface area (Å²) < 4.78 is 4.83. The Labute approximate surface area is 150 Å². The van der Waals surface area contributed by atoms with Crippen molar-refractivity contribution in [2.75, 3.05) is 26.2 Å². The number of esters is 1. The third kappa shape index (κ3) is 6.71. The molecule has 1 aromatic rings. The van der Waals surface area contributed by atoms with Gasteiger partial charge in [-0.15, -0.1) is 0 Å². The van der Waals surface area contributed by atoms with E-state index < -0.39 is 23.4 Å². The van der Waals surface area contributed by atoms with Gasteiger partial charge in [0.15, 0.2) is 6.61 Å². The quantitative estimate of drug-likeness (QED) is 0.304. The highest BCUT2D eigenvalue weighted by molar-refractivity contribution is 5.90. The van der Waals surface area contributed by atoms with Crippen LogP contribution in [0.15, 0.2) is 30.3 Å². The van der Waals surface area contributed by atoms with E-state index in [9.17, 15) is 24.5 Å². The second-order valence-electron chi connectivity index (χ2n) is 5.12. The predicted molar refractivity (Wildman–Crippen MR) is 94.0 cm³/mol. The van der Waals surface area contributed by atoms with Crippen molar-refractivity contribution >= 4 is 29.5 Å². The van der Waals surface area contributed by atoms with Crippen molar-refractivity contribution in [2.45, 2.75) is 13.8 Å². The smallest absolute Gasteiger partial charge is 0.331 e. The third-order valence-corrected chi connectivity index (χ3v) is 3.31. The molecule has 0 aliphatic heterocycles. The molecule has 0 spiro atoms. The maximum atomic E-state index is 12.0. The average molecular weight is 363 g/mol. The molecular formula is C17H21N3O6. The SMILES string of the molecule is CCNC(=O)CN(CC)C(=O)COC(=O)/C=C/c1ccccc1[N+](=O)[O-]. The molecule has 0 saturated carbocycles. The number of ether oxygens (including phenoxy) is 1. The molecule has 1 rings (SSSR count). The summed E-state index contributed by atoms with van der Waals surface area (Å²) in [4.78, 5) is 46.8. The summed E-state index contributed by atoms with van der Waals surface area (Å²) in [6, 6.07) is 5.91. The molecule has 0 aliphatic carbocycles. The molecular weight excluding hydrogens is 342 g/mol. The lowest BCUT2D eigenvalue weighted by atomic mass is 10.1. The van der Waals surface area contributed by atoms with Gasteiger partial charge in [-0.2, -0.15) is 0 Å². The van der Waals surface area contributed by atoms with Crippen LogP contribution in [0.2, 0.25) is 0 Å². The first-order valence-corrected chi connectivity index (χ1v) is 8.01. The minimum absolute atomic E-state index is 0.118. The van der Waals surface area contributed by atoms with Crippen LogP contribution in [0.5, 0.6) is 0 Å². The molecule has 0 radical (unpaired) electrons. The largest absolute Gasteiger partial charge is 0.452 e. The summed E-state index contributed by atoms with van der Waals surface area (Å²) in [6.07, 6.45) is 2.26. The highest BCUT2D eigenvalue weighted by atomic mass is 16.6. The Kier molecular flexibility index (Phi) is 8.48. The Morgan fingerprint density at radius 2 is 1.96 bits per heavy atom. The summed E-state index contributed by atoms with van der Waals surface area (Å²) >= 11 is 0. The number of nitrogens with zero attached hydrogens (tertiary/aromatic N) is 2. The molecule has 0 saturated heterocycles. The highest BCUT2D eigenvalue weighted by Crippen LogP contribution is 2.18. The van der Waals surface area contributed by atoms with Crippen LogP contribution in [0.25, 0.3) is 6.08 Å². The number of rotatable bonds is 9. The third-order valence-electron chi connectivity index (χ3n) is 3.31. The van der Waals surface area contributed by atoms with E-state index in [0.717, 1.165) is 6.08 Å². The summed E-state index contributed by atoms with van der Waals surface area (Å²) in [7, 11) is 0. The van der Waals surface area contributed by atoms with Gasteiger partial charge in [0.05, 0.1) is 17.0 Å². The van der Waals surface area contributed by atoms with Gasteiger partial charge < -0.3 is 15.0 Å². The molecule has 0 atom stereocenters. The first-order chi connectivity index (χ1) is 12.4. The van der Waals surface area contributed by atoms with E-state index in [-0.39, 0.29) is 23.7 Å². The van der Waals surface area contributed by atoms with Gasteiger partial charge in [-0.3, -0.25) is 19.7 Å². The van der Waals surface area contributed by atoms with Crippen molar-refractivity contribution in [1.82, 2.24) is 10.2 Å². The van der Waals surface area contributed by atoms with Crippen molar-refractivity contribution in [3.63, 3.8) is 0 Å². The van der Waals surface area contributed by atoms with Crippen LogP contribution in [0.1, 0.15) is 19.4 Å². The number of hydrogen-bond acceptors (Lipinski definition) is 6. The predicted octanol–water partition coefficient (Wildman–Crippen LogP) is 1.14. The number of amides is 2. The molecule has 9 heteroatoms. The van der Waals surface area contributed by atoms with Crippen LogP contribution in [0, 0.1) is 10.1 Å². The topological polar surface area (TPSA) is 119 Å². The summed E-state index contributed by atoms with van der Waals surface area (Å²) in [5.41, 5.74) is 0.0962. The number of carbonyl (C=O) groups is 3. The molecule has 0 unspecified atom stereocenters. The number of carbonyl (C=O) groups excluding carboxylic acids is 3. The second-order valence-corrected chi connectivity index (χ2v) is 5.12. The molecule has 1 aromatic carbocycles. The van der Waals surface area contributed by atoms with Gasteiger partial charge in [0.1, 0.15) is 0 Å². The molecule has 0 aliphatic rings. The van der Waals surface area contributed by atoms with Crippen LogP contribution < -0.4 is 5.32 Å². The first-order valence-electron chi connectivity index (χ1n) is 8.01. The van der Waals surface area contributed by atoms with Gasteiger partial charge >= 0.3 is 5.97 Å². The molecule has 9 nitrogen and oxygen atoms in total. The lowest BCUT2D eigenvalue weighted by molar-refractivity contribution is -0.385. The highest BCUT2D eigenvalue weighted by Gasteiger charge is 2.16. The zero-order chi connectivity index (χ0) is 19.5. The molecule has 140 valence electrons. The monoisotopic (exact) mass is 363 g/mol. The van der Waals surface area contributed by atoms with Crippen LogP contribution in [0.3, 0.4) is 0 Å². The van der Waals surface area contributed by atoms with E-state index in [0.29, 0.717) is 13.1 Å². The molecule has 26 heavy (non-hydrogen) atoms. The second kappa shape index (κ2) is 10.6. The molecule has 0 aromatic heterocycles. The van der Waals surface area contributed by atoms with E-state index in [4.69, 9.17) is 4.74 Å². The number of nitro groups is 1. The maximum absolute atomic E-state index is 12.0. The molecule has 0 bridgehead atoms. The first kappa shape index (κ1) is 20.8. The Morgan fingerprint density at radius 3 is 2.58 bits per heavy atom. The fourth-order valence-electron chi connectivity index (χ4n) is 2.03. The summed E-state index contributed by atoms with van der Waals surface area (Å²) in [5, 5.41) is 13.5. The molecule has 0 heterocycles. The van der Waals surface area contributed by atoms with E-state index in [2.05, 4.69) is 5.32 Å². The van der Waals surface area contributed by atoms with Gasteiger partial charge in [0.25, 0.3) is 11.6 Å². The molecule has 0 fully saturated rings. The summed E-state index contributed by atoms with van der Waals surface area (Å²) in [5.74, 6) is -1.62. The zero-order valence-electron chi connectivity index (χ0n) is 14.6. The van der Waals surface area contributed by atoms with Crippen molar-refractivity contribution in [1.29, 1.82) is 0 Å². The van der Waals surface area contributed by atoms with Crippen LogP contribution >= 0.6 is 0 Å². The van der Waals surface area contributed by atoms with E-state index in [1.54, 1.807) is 19.9 Å². The maximum Gasteiger partial charge on any atom is 0.331 e. The van der Waals surface area contributed by atoms with Crippen molar-refractivity contribution in [3.8, 4) is 0 Å². The number of para-hydroxylation sites is 1. The lowest BCUT2D eigenvalue weighted by Crippen LogP contribution is -2.42. The lowest BCUT2D eigenvalue weighted by Gasteiger charge is -2.19. The van der Waals surface area contributed by atoms with Gasteiger partial charge in [-0.1, -0.05) is 12.1 Å². The normalized spacial score (nSPS) is 10.4. The van der Waals surface area contributed by atoms with Gasteiger partial charge in [0.2, 0.25) is 5.91 Å². The fourth-order valence-corrected chi connectivity index (χ4v) is 2.03. The van der Waals surface area contributed by atoms with Crippen molar-refractivity contribution in [3.05, 3.63) is 46.0 Å². The van der Waals surface area contributed by atoms with E-state index in [1.165, 1.54) is 29.2 Å². The number of nitrogens with one attached hydrogen (secondary N) is 1. The van der Waals surface area contributed by atoms with Gasteiger partial charge in [0, 0.05) is 25.2 Å². The molecule has 1 N–H and O–H groups in total. The fraction of sp³-hybridized carbons (Fsp3) is 0.353. The van der Waals surface area contributed by atoms with Gasteiger partial charge in [-0.05, 0) is 26.0 Å². The minimum Gasteiger partial charge on any atom is -0.452 e.